The van der Waals surface area contributed by atoms with Crippen LogP contribution < -0.4 is 10.2 Å². The van der Waals surface area contributed by atoms with Crippen molar-refractivity contribution in [3.05, 3.63) is 11.1 Å². The largest absolute Gasteiger partial charge is 0.300 e. The Hall–Kier alpha value is -1.80. The van der Waals surface area contributed by atoms with Crippen LogP contribution in [0.2, 0.25) is 0 Å². The summed E-state index contributed by atoms with van der Waals surface area (Å²) in [4.78, 5) is 41.7. The summed E-state index contributed by atoms with van der Waals surface area (Å²) in [6.07, 6.45) is 0.181. The monoisotopic (exact) mass is 310 g/mol. The molecular formula is C13H18N4O3S. The highest BCUT2D eigenvalue weighted by atomic mass is 32.1. The van der Waals surface area contributed by atoms with E-state index in [1.165, 1.54) is 25.3 Å². The second kappa shape index (κ2) is 6.31. The van der Waals surface area contributed by atoms with Crippen LogP contribution in [0.25, 0.3) is 0 Å². The van der Waals surface area contributed by atoms with Crippen molar-refractivity contribution in [2.45, 2.75) is 32.9 Å². The first-order valence-electron chi connectivity index (χ1n) is 6.70. The zero-order valence-corrected chi connectivity index (χ0v) is 13.1. The summed E-state index contributed by atoms with van der Waals surface area (Å²) in [5.41, 5.74) is 0.754. The van der Waals surface area contributed by atoms with Gasteiger partial charge in [0.15, 0.2) is 5.13 Å². The second-order valence-electron chi connectivity index (χ2n) is 4.81. The zero-order valence-electron chi connectivity index (χ0n) is 12.3. The fourth-order valence-corrected chi connectivity index (χ4v) is 3.07. The third-order valence-corrected chi connectivity index (χ3v) is 4.29. The lowest BCUT2D eigenvalue weighted by Crippen LogP contribution is -2.36. The molecule has 1 aromatic heterocycles. The minimum absolute atomic E-state index is 0.0513. The Kier molecular flexibility index (Phi) is 4.69. The van der Waals surface area contributed by atoms with Gasteiger partial charge in [-0.15, -0.1) is 11.3 Å². The van der Waals surface area contributed by atoms with Gasteiger partial charge in [0.2, 0.25) is 17.7 Å². The van der Waals surface area contributed by atoms with Crippen LogP contribution >= 0.6 is 11.3 Å². The van der Waals surface area contributed by atoms with Gasteiger partial charge in [0.05, 0.1) is 18.2 Å². The van der Waals surface area contributed by atoms with Gasteiger partial charge in [-0.1, -0.05) is 0 Å². The minimum atomic E-state index is -0.484. The van der Waals surface area contributed by atoms with Crippen LogP contribution in [0.4, 0.5) is 5.13 Å². The van der Waals surface area contributed by atoms with E-state index in [0.717, 1.165) is 10.6 Å². The number of thiazole rings is 1. The number of nitrogens with one attached hydrogen (secondary N) is 1. The van der Waals surface area contributed by atoms with E-state index in [1.54, 1.807) is 4.90 Å². The molecule has 0 saturated carbocycles. The SMILES string of the molecule is CCN(C(C)=O)c1nc(CNC2CC(=O)N(C)C2=O)cs1. The minimum Gasteiger partial charge on any atom is -0.300 e. The van der Waals surface area contributed by atoms with E-state index in [4.69, 9.17) is 0 Å². The highest BCUT2D eigenvalue weighted by Gasteiger charge is 2.35. The van der Waals surface area contributed by atoms with Gasteiger partial charge in [-0.3, -0.25) is 29.5 Å². The lowest BCUT2D eigenvalue weighted by molar-refractivity contribution is -0.137. The van der Waals surface area contributed by atoms with Crippen molar-refractivity contribution >= 4 is 34.2 Å². The van der Waals surface area contributed by atoms with E-state index < -0.39 is 6.04 Å². The standard InChI is InChI=1S/C13H18N4O3S/c1-4-17(8(2)18)13-15-9(7-21-13)6-14-10-5-11(19)16(3)12(10)20/h7,10,14H,4-6H2,1-3H3. The predicted octanol–water partition coefficient (Wildman–Crippen LogP) is 0.363. The molecule has 7 nitrogen and oxygen atoms in total. The molecule has 8 heteroatoms. The number of imide groups is 1. The van der Waals surface area contributed by atoms with Crippen molar-refractivity contribution in [1.29, 1.82) is 0 Å². The molecule has 114 valence electrons. The first-order chi connectivity index (χ1) is 9.93. The molecule has 1 saturated heterocycles. The number of likely N-dealkylation sites (tertiary alicyclic amines) is 1. The summed E-state index contributed by atoms with van der Waals surface area (Å²) in [6.45, 7) is 4.35. The fourth-order valence-electron chi connectivity index (χ4n) is 2.14. The Morgan fingerprint density at radius 2 is 2.29 bits per heavy atom. The summed E-state index contributed by atoms with van der Waals surface area (Å²) >= 11 is 1.39. The van der Waals surface area contributed by atoms with Gasteiger partial charge in [-0.05, 0) is 6.92 Å². The number of carbonyl (C=O) groups excluding carboxylic acids is 3. The summed E-state index contributed by atoms with van der Waals surface area (Å²) in [7, 11) is 1.49. The molecule has 1 fully saturated rings. The van der Waals surface area contributed by atoms with Crippen molar-refractivity contribution < 1.29 is 14.4 Å². The maximum Gasteiger partial charge on any atom is 0.246 e. The average molecular weight is 310 g/mol. The smallest absolute Gasteiger partial charge is 0.246 e. The third-order valence-electron chi connectivity index (χ3n) is 3.38. The molecule has 0 spiro atoms. The van der Waals surface area contributed by atoms with Crippen LogP contribution in [0.15, 0.2) is 5.38 Å². The Balaban J connectivity index is 1.96. The van der Waals surface area contributed by atoms with Gasteiger partial charge in [0.1, 0.15) is 0 Å². The second-order valence-corrected chi connectivity index (χ2v) is 5.65. The van der Waals surface area contributed by atoms with Gasteiger partial charge in [0, 0.05) is 32.4 Å². The number of aromatic nitrogens is 1. The summed E-state index contributed by atoms with van der Waals surface area (Å²) < 4.78 is 0. The number of amides is 3. The highest BCUT2D eigenvalue weighted by Crippen LogP contribution is 2.21. The molecule has 0 bridgehead atoms. The Morgan fingerprint density at radius 3 is 2.81 bits per heavy atom. The summed E-state index contributed by atoms with van der Waals surface area (Å²) in [5.74, 6) is -0.441. The molecule has 0 radical (unpaired) electrons. The maximum absolute atomic E-state index is 11.8. The molecule has 1 aliphatic heterocycles. The van der Waals surface area contributed by atoms with Gasteiger partial charge in [-0.25, -0.2) is 4.98 Å². The molecule has 2 heterocycles. The van der Waals surface area contributed by atoms with Crippen molar-refractivity contribution in [2.75, 3.05) is 18.5 Å². The van der Waals surface area contributed by atoms with Crippen molar-refractivity contribution in [2.24, 2.45) is 0 Å². The molecule has 2 rings (SSSR count). The van der Waals surface area contributed by atoms with Crippen LogP contribution in [0.5, 0.6) is 0 Å². The summed E-state index contributed by atoms with van der Waals surface area (Å²) in [5, 5.41) is 5.53. The van der Waals surface area contributed by atoms with Crippen LogP contribution in [0.3, 0.4) is 0 Å². The normalized spacial score (nSPS) is 18.4. The Labute approximate surface area is 126 Å². The lowest BCUT2D eigenvalue weighted by Gasteiger charge is -2.14. The van der Waals surface area contributed by atoms with E-state index >= 15 is 0 Å². The molecule has 0 aromatic carbocycles. The van der Waals surface area contributed by atoms with Gasteiger partial charge >= 0.3 is 0 Å². The molecular weight excluding hydrogens is 292 g/mol. The topological polar surface area (TPSA) is 82.6 Å². The molecule has 1 atom stereocenters. The molecule has 1 aromatic rings. The van der Waals surface area contributed by atoms with Crippen LogP contribution in [0.1, 0.15) is 26.0 Å². The number of anilines is 1. The van der Waals surface area contributed by atoms with E-state index in [0.29, 0.717) is 18.2 Å². The molecule has 21 heavy (non-hydrogen) atoms. The van der Waals surface area contributed by atoms with Gasteiger partial charge in [-0.2, -0.15) is 0 Å². The lowest BCUT2D eigenvalue weighted by atomic mass is 10.2. The predicted molar refractivity (Wildman–Crippen MR) is 78.8 cm³/mol. The zero-order chi connectivity index (χ0) is 15.6. The quantitative estimate of drug-likeness (QED) is 0.794. The Morgan fingerprint density at radius 1 is 1.57 bits per heavy atom. The van der Waals surface area contributed by atoms with Crippen molar-refractivity contribution in [3.63, 3.8) is 0 Å². The Bertz CT molecular complexity index is 572. The van der Waals surface area contributed by atoms with E-state index in [9.17, 15) is 14.4 Å². The van der Waals surface area contributed by atoms with E-state index in [2.05, 4.69) is 10.3 Å². The van der Waals surface area contributed by atoms with Crippen LogP contribution in [0, 0.1) is 0 Å². The number of hydrogen-bond donors (Lipinski definition) is 1. The molecule has 1 N–H and O–H groups in total. The molecule has 1 unspecified atom stereocenters. The molecule has 3 amide bonds. The van der Waals surface area contributed by atoms with Gasteiger partial charge < -0.3 is 0 Å². The number of likely N-dealkylation sites (N-methyl/N-ethyl adjacent to an activating group) is 1. The number of nitrogens with zero attached hydrogens (tertiary/aromatic N) is 3. The van der Waals surface area contributed by atoms with Crippen LogP contribution in [-0.4, -0.2) is 47.2 Å². The summed E-state index contributed by atoms with van der Waals surface area (Å²) in [6, 6.07) is -0.484. The fraction of sp³-hybridized carbons (Fsp3) is 0.538. The first-order valence-corrected chi connectivity index (χ1v) is 7.58. The average Bonchev–Trinajstić information content (AvgIpc) is 2.98. The highest BCUT2D eigenvalue weighted by molar-refractivity contribution is 7.14. The first kappa shape index (κ1) is 15.6. The van der Waals surface area contributed by atoms with Crippen LogP contribution in [-0.2, 0) is 20.9 Å². The van der Waals surface area contributed by atoms with Crippen molar-refractivity contribution in [3.8, 4) is 0 Å². The number of rotatable bonds is 5. The molecule has 0 aliphatic carbocycles. The maximum atomic E-state index is 11.8. The number of hydrogen-bond acceptors (Lipinski definition) is 6. The van der Waals surface area contributed by atoms with E-state index in [-0.39, 0.29) is 24.1 Å². The number of carbonyl (C=O) groups is 3. The van der Waals surface area contributed by atoms with Crippen molar-refractivity contribution in [1.82, 2.24) is 15.2 Å². The molecule has 1 aliphatic rings. The van der Waals surface area contributed by atoms with Gasteiger partial charge in [0.25, 0.3) is 0 Å². The van der Waals surface area contributed by atoms with E-state index in [1.807, 2.05) is 12.3 Å². The third kappa shape index (κ3) is 3.27.